The summed E-state index contributed by atoms with van der Waals surface area (Å²) in [6.45, 7) is 5.90. The molecular weight excluding hydrogens is 304 g/mol. The minimum Gasteiger partial charge on any atom is -0.462 e. The first kappa shape index (κ1) is 23.1. The van der Waals surface area contributed by atoms with Gasteiger partial charge in [0, 0.05) is 13.5 Å². The van der Waals surface area contributed by atoms with Crippen molar-refractivity contribution in [1.29, 1.82) is 0 Å². The summed E-state index contributed by atoms with van der Waals surface area (Å²) >= 11 is 0. The largest absolute Gasteiger partial charge is 0.462 e. The SMILES string of the molecule is CCCCCCCC(CC(C)=O)OC(=O)CC(CCCCC)OC. The van der Waals surface area contributed by atoms with Gasteiger partial charge in [-0.1, -0.05) is 58.8 Å². The highest BCUT2D eigenvalue weighted by atomic mass is 16.5. The van der Waals surface area contributed by atoms with Gasteiger partial charge in [-0.2, -0.15) is 0 Å². The lowest BCUT2D eigenvalue weighted by atomic mass is 10.0. The Morgan fingerprint density at radius 1 is 0.792 bits per heavy atom. The fourth-order valence-electron chi connectivity index (χ4n) is 2.84. The number of unbranched alkanes of at least 4 members (excludes halogenated alkanes) is 6. The summed E-state index contributed by atoms with van der Waals surface area (Å²) in [5.74, 6) is -0.161. The van der Waals surface area contributed by atoms with Crippen molar-refractivity contribution >= 4 is 11.8 Å². The number of rotatable bonds is 16. The topological polar surface area (TPSA) is 52.6 Å². The van der Waals surface area contributed by atoms with E-state index in [0.29, 0.717) is 6.42 Å². The molecule has 2 atom stereocenters. The Morgan fingerprint density at radius 2 is 1.33 bits per heavy atom. The molecule has 0 aliphatic carbocycles. The zero-order valence-corrected chi connectivity index (χ0v) is 16.3. The summed E-state index contributed by atoms with van der Waals surface area (Å²) in [6.07, 6.45) is 11.1. The zero-order chi connectivity index (χ0) is 18.2. The predicted octanol–water partition coefficient (Wildman–Crippen LogP) is 5.22. The van der Waals surface area contributed by atoms with E-state index in [-0.39, 0.29) is 30.4 Å². The highest BCUT2D eigenvalue weighted by molar-refractivity contribution is 5.77. The molecule has 0 heterocycles. The van der Waals surface area contributed by atoms with Crippen LogP contribution in [-0.2, 0) is 19.1 Å². The molecule has 0 aliphatic rings. The first-order chi connectivity index (χ1) is 11.5. The molecule has 0 N–H and O–H groups in total. The lowest BCUT2D eigenvalue weighted by molar-refractivity contribution is -0.153. The normalized spacial score (nSPS) is 13.5. The molecule has 0 saturated carbocycles. The van der Waals surface area contributed by atoms with Crippen LogP contribution in [0.25, 0.3) is 0 Å². The van der Waals surface area contributed by atoms with Crippen molar-refractivity contribution in [2.75, 3.05) is 7.11 Å². The third kappa shape index (κ3) is 13.5. The molecule has 0 aromatic carbocycles. The molecule has 0 spiro atoms. The molecule has 4 heteroatoms. The number of Topliss-reactive ketones (excluding diaryl/α,β-unsaturated/α-hetero) is 1. The van der Waals surface area contributed by atoms with E-state index >= 15 is 0 Å². The molecule has 24 heavy (non-hydrogen) atoms. The van der Waals surface area contributed by atoms with Crippen molar-refractivity contribution in [3.05, 3.63) is 0 Å². The maximum Gasteiger partial charge on any atom is 0.308 e. The molecule has 142 valence electrons. The van der Waals surface area contributed by atoms with Gasteiger partial charge in [0.15, 0.2) is 0 Å². The van der Waals surface area contributed by atoms with Gasteiger partial charge in [-0.3, -0.25) is 9.59 Å². The molecule has 4 nitrogen and oxygen atoms in total. The minimum atomic E-state index is -0.273. The van der Waals surface area contributed by atoms with E-state index in [4.69, 9.17) is 9.47 Å². The summed E-state index contributed by atoms with van der Waals surface area (Å²) < 4.78 is 11.0. The number of esters is 1. The Morgan fingerprint density at radius 3 is 1.92 bits per heavy atom. The van der Waals surface area contributed by atoms with Crippen molar-refractivity contribution in [3.63, 3.8) is 0 Å². The molecule has 0 bridgehead atoms. The maximum atomic E-state index is 12.2. The molecule has 0 amide bonds. The van der Waals surface area contributed by atoms with Crippen molar-refractivity contribution in [3.8, 4) is 0 Å². The molecule has 2 unspecified atom stereocenters. The van der Waals surface area contributed by atoms with Crippen LogP contribution in [-0.4, -0.2) is 31.1 Å². The van der Waals surface area contributed by atoms with E-state index in [1.54, 1.807) is 14.0 Å². The second kappa shape index (κ2) is 15.6. The molecule has 0 saturated heterocycles. The summed E-state index contributed by atoms with van der Waals surface area (Å²) in [5.41, 5.74) is 0. The van der Waals surface area contributed by atoms with E-state index < -0.39 is 0 Å². The van der Waals surface area contributed by atoms with Crippen LogP contribution in [0.15, 0.2) is 0 Å². The monoisotopic (exact) mass is 342 g/mol. The van der Waals surface area contributed by atoms with Crippen LogP contribution >= 0.6 is 0 Å². The number of hydrogen-bond acceptors (Lipinski definition) is 4. The summed E-state index contributed by atoms with van der Waals surface area (Å²) in [4.78, 5) is 23.6. The molecule has 0 aliphatic heterocycles. The maximum absolute atomic E-state index is 12.2. The minimum absolute atomic E-state index is 0.0765. The third-order valence-corrected chi connectivity index (χ3v) is 4.30. The molecular formula is C20H38O4. The molecule has 0 radical (unpaired) electrons. The van der Waals surface area contributed by atoms with Gasteiger partial charge in [-0.25, -0.2) is 0 Å². The number of carbonyl (C=O) groups is 2. The smallest absolute Gasteiger partial charge is 0.308 e. The Labute approximate surface area is 148 Å². The fourth-order valence-corrected chi connectivity index (χ4v) is 2.84. The number of methoxy groups -OCH3 is 1. The van der Waals surface area contributed by atoms with Crippen LogP contribution in [0.5, 0.6) is 0 Å². The van der Waals surface area contributed by atoms with Crippen LogP contribution in [0, 0.1) is 0 Å². The van der Waals surface area contributed by atoms with Crippen LogP contribution < -0.4 is 0 Å². The first-order valence-electron chi connectivity index (χ1n) is 9.75. The average Bonchev–Trinajstić information content (AvgIpc) is 2.53. The highest BCUT2D eigenvalue weighted by Crippen LogP contribution is 2.16. The molecule has 0 rings (SSSR count). The summed E-state index contributed by atoms with van der Waals surface area (Å²) in [6, 6.07) is 0. The van der Waals surface area contributed by atoms with Gasteiger partial charge in [0.2, 0.25) is 0 Å². The summed E-state index contributed by atoms with van der Waals surface area (Å²) in [5, 5.41) is 0. The Kier molecular flexibility index (Phi) is 15.0. The Balaban J connectivity index is 4.22. The van der Waals surface area contributed by atoms with Crippen molar-refractivity contribution in [1.82, 2.24) is 0 Å². The van der Waals surface area contributed by atoms with Crippen molar-refractivity contribution in [2.24, 2.45) is 0 Å². The highest BCUT2D eigenvalue weighted by Gasteiger charge is 2.19. The van der Waals surface area contributed by atoms with E-state index in [1.807, 2.05) is 0 Å². The number of carbonyl (C=O) groups excluding carboxylic acids is 2. The predicted molar refractivity (Wildman–Crippen MR) is 98.1 cm³/mol. The fraction of sp³-hybridized carbons (Fsp3) is 0.900. The van der Waals surface area contributed by atoms with Gasteiger partial charge in [0.05, 0.1) is 12.5 Å². The third-order valence-electron chi connectivity index (χ3n) is 4.30. The van der Waals surface area contributed by atoms with Crippen LogP contribution in [0.3, 0.4) is 0 Å². The van der Waals surface area contributed by atoms with E-state index in [0.717, 1.165) is 44.9 Å². The molecule has 0 aromatic rings. The summed E-state index contributed by atoms with van der Waals surface area (Å²) in [7, 11) is 1.64. The van der Waals surface area contributed by atoms with Gasteiger partial charge in [-0.15, -0.1) is 0 Å². The van der Waals surface area contributed by atoms with Crippen LogP contribution in [0.1, 0.15) is 97.8 Å². The van der Waals surface area contributed by atoms with Gasteiger partial charge in [0.25, 0.3) is 0 Å². The lowest BCUT2D eigenvalue weighted by Gasteiger charge is -2.19. The van der Waals surface area contributed by atoms with Crippen molar-refractivity contribution < 1.29 is 19.1 Å². The van der Waals surface area contributed by atoms with Crippen molar-refractivity contribution in [2.45, 2.75) is 110 Å². The lowest BCUT2D eigenvalue weighted by Crippen LogP contribution is -2.24. The second-order valence-electron chi connectivity index (χ2n) is 6.78. The van der Waals surface area contributed by atoms with Gasteiger partial charge in [-0.05, 0) is 26.2 Å². The van der Waals surface area contributed by atoms with Gasteiger partial charge < -0.3 is 9.47 Å². The number of ether oxygens (including phenoxy) is 2. The van der Waals surface area contributed by atoms with Crippen LogP contribution in [0.4, 0.5) is 0 Å². The second-order valence-corrected chi connectivity index (χ2v) is 6.78. The zero-order valence-electron chi connectivity index (χ0n) is 16.3. The van der Waals surface area contributed by atoms with Gasteiger partial charge >= 0.3 is 5.97 Å². The van der Waals surface area contributed by atoms with E-state index in [1.165, 1.54) is 19.3 Å². The van der Waals surface area contributed by atoms with E-state index in [2.05, 4.69) is 13.8 Å². The quantitative estimate of drug-likeness (QED) is 0.285. The standard InChI is InChI=1S/C20H38O4/c1-5-7-9-10-12-14-19(15-17(3)21)24-20(22)16-18(23-4)13-11-8-6-2/h18-19H,5-16H2,1-4H3. The first-order valence-corrected chi connectivity index (χ1v) is 9.75. The number of hydrogen-bond donors (Lipinski definition) is 0. The van der Waals surface area contributed by atoms with Crippen LogP contribution in [0.2, 0.25) is 0 Å². The van der Waals surface area contributed by atoms with E-state index in [9.17, 15) is 9.59 Å². The average molecular weight is 343 g/mol. The Bertz CT molecular complexity index is 328. The molecule has 0 aromatic heterocycles. The Hall–Kier alpha value is -0.900. The van der Waals surface area contributed by atoms with Gasteiger partial charge in [0.1, 0.15) is 11.9 Å². The molecule has 0 fully saturated rings. The number of ketones is 1.